The highest BCUT2D eigenvalue weighted by atomic mass is 79.9. The summed E-state index contributed by atoms with van der Waals surface area (Å²) in [7, 11) is 0. The first kappa shape index (κ1) is 17.0. The molecule has 0 bridgehead atoms. The molecule has 2 N–H and O–H groups in total. The average molecular weight is 405 g/mol. The van der Waals surface area contributed by atoms with Crippen molar-refractivity contribution >= 4 is 32.9 Å². The standard InChI is InChI=1S/C18H13BrO6/c1-2-24-18(23)14-6-10(19)5-13-15(22)8-16(25-17(13)14)9-3-11(20)7-12(21)4-9/h3-8,20-21H,2H2,1H3. The number of ether oxygens (including phenoxy) is 1. The fourth-order valence-corrected chi connectivity index (χ4v) is 2.92. The van der Waals surface area contributed by atoms with E-state index >= 15 is 0 Å². The number of carbonyl (C=O) groups excluding carboxylic acids is 1. The molecule has 0 radical (unpaired) electrons. The van der Waals surface area contributed by atoms with Gasteiger partial charge in [0.2, 0.25) is 0 Å². The van der Waals surface area contributed by atoms with E-state index in [1.807, 2.05) is 0 Å². The van der Waals surface area contributed by atoms with Crippen LogP contribution in [0.2, 0.25) is 0 Å². The summed E-state index contributed by atoms with van der Waals surface area (Å²) in [6.07, 6.45) is 0. The minimum Gasteiger partial charge on any atom is -0.508 e. The van der Waals surface area contributed by atoms with E-state index in [0.29, 0.717) is 10.0 Å². The van der Waals surface area contributed by atoms with Crippen LogP contribution in [0.15, 0.2) is 50.1 Å². The second-order valence-electron chi connectivity index (χ2n) is 5.26. The van der Waals surface area contributed by atoms with Gasteiger partial charge in [0.25, 0.3) is 0 Å². The molecule has 25 heavy (non-hydrogen) atoms. The largest absolute Gasteiger partial charge is 0.508 e. The maximum atomic E-state index is 12.5. The predicted molar refractivity (Wildman–Crippen MR) is 94.9 cm³/mol. The normalized spacial score (nSPS) is 10.8. The molecule has 1 aromatic heterocycles. The second kappa shape index (κ2) is 6.60. The molecule has 0 amide bonds. The molecular formula is C18H13BrO6. The summed E-state index contributed by atoms with van der Waals surface area (Å²) in [5.74, 6) is -0.872. The fourth-order valence-electron chi connectivity index (χ4n) is 2.46. The molecule has 0 saturated heterocycles. The van der Waals surface area contributed by atoms with Gasteiger partial charge in [-0.3, -0.25) is 4.79 Å². The number of carbonyl (C=O) groups is 1. The third-order valence-electron chi connectivity index (χ3n) is 3.48. The summed E-state index contributed by atoms with van der Waals surface area (Å²) in [6, 6.07) is 8.13. The van der Waals surface area contributed by atoms with E-state index in [2.05, 4.69) is 15.9 Å². The van der Waals surface area contributed by atoms with Crippen LogP contribution >= 0.6 is 15.9 Å². The van der Waals surface area contributed by atoms with Gasteiger partial charge in [0, 0.05) is 22.2 Å². The third-order valence-corrected chi connectivity index (χ3v) is 3.93. The van der Waals surface area contributed by atoms with Crippen molar-refractivity contribution in [1.82, 2.24) is 0 Å². The molecule has 0 aliphatic carbocycles. The van der Waals surface area contributed by atoms with Crippen molar-refractivity contribution in [2.75, 3.05) is 6.61 Å². The van der Waals surface area contributed by atoms with Crippen LogP contribution < -0.4 is 5.43 Å². The fraction of sp³-hybridized carbons (Fsp3) is 0.111. The molecule has 128 valence electrons. The highest BCUT2D eigenvalue weighted by Crippen LogP contribution is 2.31. The minimum absolute atomic E-state index is 0.0759. The molecule has 0 spiro atoms. The van der Waals surface area contributed by atoms with Crippen molar-refractivity contribution in [3.8, 4) is 22.8 Å². The summed E-state index contributed by atoms with van der Waals surface area (Å²) in [5, 5.41) is 19.5. The zero-order chi connectivity index (χ0) is 18.1. The van der Waals surface area contributed by atoms with Gasteiger partial charge in [0.1, 0.15) is 22.8 Å². The topological polar surface area (TPSA) is 97.0 Å². The Balaban J connectivity index is 2.30. The second-order valence-corrected chi connectivity index (χ2v) is 6.18. The van der Waals surface area contributed by atoms with E-state index in [9.17, 15) is 19.8 Å². The van der Waals surface area contributed by atoms with Crippen LogP contribution in [0.4, 0.5) is 0 Å². The van der Waals surface area contributed by atoms with Gasteiger partial charge in [-0.1, -0.05) is 15.9 Å². The SMILES string of the molecule is CCOC(=O)c1cc(Br)cc2c(=O)cc(-c3cc(O)cc(O)c3)oc12. The maximum Gasteiger partial charge on any atom is 0.341 e. The van der Waals surface area contributed by atoms with E-state index < -0.39 is 5.97 Å². The third kappa shape index (κ3) is 3.36. The lowest BCUT2D eigenvalue weighted by Crippen LogP contribution is -2.08. The van der Waals surface area contributed by atoms with E-state index in [-0.39, 0.29) is 45.8 Å². The summed E-state index contributed by atoms with van der Waals surface area (Å²) in [4.78, 5) is 24.7. The van der Waals surface area contributed by atoms with Crippen molar-refractivity contribution in [2.24, 2.45) is 0 Å². The van der Waals surface area contributed by atoms with Crippen LogP contribution in [0.3, 0.4) is 0 Å². The molecule has 2 aromatic carbocycles. The molecule has 7 heteroatoms. The van der Waals surface area contributed by atoms with E-state index in [1.54, 1.807) is 13.0 Å². The number of phenolic OH excluding ortho intramolecular Hbond substituents is 2. The van der Waals surface area contributed by atoms with Crippen LogP contribution in [0, 0.1) is 0 Å². The molecule has 0 atom stereocenters. The van der Waals surface area contributed by atoms with Crippen LogP contribution in [-0.4, -0.2) is 22.8 Å². The van der Waals surface area contributed by atoms with Crippen LogP contribution in [0.1, 0.15) is 17.3 Å². The Kier molecular flexibility index (Phi) is 4.50. The summed E-state index contributed by atoms with van der Waals surface area (Å²) in [5.41, 5.74) is 0.113. The Labute approximate surface area is 150 Å². The van der Waals surface area contributed by atoms with Crippen molar-refractivity contribution in [2.45, 2.75) is 6.92 Å². The zero-order valence-electron chi connectivity index (χ0n) is 13.1. The van der Waals surface area contributed by atoms with E-state index in [0.717, 1.165) is 6.07 Å². The molecule has 6 nitrogen and oxygen atoms in total. The van der Waals surface area contributed by atoms with Crippen molar-refractivity contribution < 1.29 is 24.2 Å². The van der Waals surface area contributed by atoms with Gasteiger partial charge in [0.05, 0.1) is 12.0 Å². The predicted octanol–water partition coefficient (Wildman–Crippen LogP) is 3.81. The number of hydrogen-bond donors (Lipinski definition) is 2. The van der Waals surface area contributed by atoms with Gasteiger partial charge in [-0.25, -0.2) is 4.79 Å². The Hall–Kier alpha value is -2.80. The summed E-state index contributed by atoms with van der Waals surface area (Å²) >= 11 is 3.26. The first-order valence-corrected chi connectivity index (χ1v) is 8.16. The van der Waals surface area contributed by atoms with Gasteiger partial charge in [-0.15, -0.1) is 0 Å². The average Bonchev–Trinajstić information content (AvgIpc) is 2.54. The lowest BCUT2D eigenvalue weighted by molar-refractivity contribution is 0.0527. The molecule has 0 aliphatic heterocycles. The molecule has 3 aromatic rings. The first-order valence-electron chi connectivity index (χ1n) is 7.37. The van der Waals surface area contributed by atoms with Crippen molar-refractivity contribution in [3.63, 3.8) is 0 Å². The van der Waals surface area contributed by atoms with Crippen LogP contribution in [0.5, 0.6) is 11.5 Å². The molecule has 0 saturated carbocycles. The van der Waals surface area contributed by atoms with E-state index in [4.69, 9.17) is 9.15 Å². The Morgan fingerprint density at radius 2 is 1.80 bits per heavy atom. The van der Waals surface area contributed by atoms with E-state index in [1.165, 1.54) is 24.3 Å². The first-order chi connectivity index (χ1) is 11.9. The number of fused-ring (bicyclic) bond motifs is 1. The number of benzene rings is 2. The van der Waals surface area contributed by atoms with Gasteiger partial charge in [-0.2, -0.15) is 0 Å². The Bertz CT molecular complexity index is 1020. The summed E-state index contributed by atoms with van der Waals surface area (Å²) < 4.78 is 11.3. The van der Waals surface area contributed by atoms with Crippen molar-refractivity contribution in [3.05, 3.63) is 56.7 Å². The Morgan fingerprint density at radius 1 is 1.12 bits per heavy atom. The molecule has 3 rings (SSSR count). The quantitative estimate of drug-likeness (QED) is 0.644. The molecule has 0 fully saturated rings. The lowest BCUT2D eigenvalue weighted by atomic mass is 10.1. The maximum absolute atomic E-state index is 12.5. The van der Waals surface area contributed by atoms with Gasteiger partial charge < -0.3 is 19.4 Å². The van der Waals surface area contributed by atoms with Crippen LogP contribution in [0.25, 0.3) is 22.3 Å². The number of halogens is 1. The van der Waals surface area contributed by atoms with Crippen LogP contribution in [-0.2, 0) is 4.74 Å². The van der Waals surface area contributed by atoms with Crippen molar-refractivity contribution in [1.29, 1.82) is 0 Å². The molecule has 0 unspecified atom stereocenters. The minimum atomic E-state index is -0.618. The highest BCUT2D eigenvalue weighted by Gasteiger charge is 2.18. The molecular weight excluding hydrogens is 392 g/mol. The molecule has 1 heterocycles. The Morgan fingerprint density at radius 3 is 2.44 bits per heavy atom. The number of hydrogen-bond acceptors (Lipinski definition) is 6. The number of aromatic hydroxyl groups is 2. The monoisotopic (exact) mass is 404 g/mol. The van der Waals surface area contributed by atoms with Gasteiger partial charge in [0.15, 0.2) is 11.0 Å². The zero-order valence-corrected chi connectivity index (χ0v) is 14.7. The number of esters is 1. The molecule has 0 aliphatic rings. The van der Waals surface area contributed by atoms with Gasteiger partial charge in [-0.05, 0) is 31.2 Å². The number of phenols is 2. The smallest absolute Gasteiger partial charge is 0.341 e. The lowest BCUT2D eigenvalue weighted by Gasteiger charge is -2.09. The number of rotatable bonds is 3. The highest BCUT2D eigenvalue weighted by molar-refractivity contribution is 9.10. The van der Waals surface area contributed by atoms with Gasteiger partial charge >= 0.3 is 5.97 Å². The summed E-state index contributed by atoms with van der Waals surface area (Å²) in [6.45, 7) is 1.85.